The molecule has 3 N–H and O–H groups in total. The number of hydrogen-bond donors (Lipinski definition) is 2. The molecule has 3 nitrogen and oxygen atoms in total. The highest BCUT2D eigenvalue weighted by atomic mass is 16.2. The van der Waals surface area contributed by atoms with Crippen LogP contribution in [0.2, 0.25) is 0 Å². The Morgan fingerprint density at radius 1 is 1.17 bits per heavy atom. The van der Waals surface area contributed by atoms with E-state index in [-0.39, 0.29) is 17.4 Å². The molecular formula is C15H26N2O. The van der Waals surface area contributed by atoms with Gasteiger partial charge in [0.25, 0.3) is 0 Å². The third kappa shape index (κ3) is 2.56. The number of hydrogen-bond acceptors (Lipinski definition) is 2. The molecule has 0 aromatic heterocycles. The SMILES string of the molecule is CC1(N)CCCCC1C(=O)NC(C1CC1)C1CC1. The van der Waals surface area contributed by atoms with Gasteiger partial charge in [-0.3, -0.25) is 4.79 Å². The van der Waals surface area contributed by atoms with Crippen molar-refractivity contribution in [3.63, 3.8) is 0 Å². The fraction of sp³-hybridized carbons (Fsp3) is 0.933. The van der Waals surface area contributed by atoms with Gasteiger partial charge in [0.2, 0.25) is 5.91 Å². The maximum absolute atomic E-state index is 12.5. The normalized spacial score (nSPS) is 36.7. The van der Waals surface area contributed by atoms with Crippen LogP contribution in [0.5, 0.6) is 0 Å². The largest absolute Gasteiger partial charge is 0.353 e. The minimum Gasteiger partial charge on any atom is -0.353 e. The van der Waals surface area contributed by atoms with Gasteiger partial charge in [-0.1, -0.05) is 12.8 Å². The van der Waals surface area contributed by atoms with Crippen LogP contribution in [0.25, 0.3) is 0 Å². The molecular weight excluding hydrogens is 224 g/mol. The molecule has 18 heavy (non-hydrogen) atoms. The molecule has 3 rings (SSSR count). The summed E-state index contributed by atoms with van der Waals surface area (Å²) < 4.78 is 0. The maximum Gasteiger partial charge on any atom is 0.225 e. The molecule has 3 aliphatic carbocycles. The first kappa shape index (κ1) is 12.5. The van der Waals surface area contributed by atoms with Crippen LogP contribution in [0.1, 0.15) is 58.3 Å². The molecule has 102 valence electrons. The van der Waals surface area contributed by atoms with E-state index in [0.717, 1.165) is 31.1 Å². The van der Waals surface area contributed by atoms with E-state index in [9.17, 15) is 4.79 Å². The number of carbonyl (C=O) groups is 1. The molecule has 0 saturated heterocycles. The van der Waals surface area contributed by atoms with Crippen LogP contribution < -0.4 is 11.1 Å². The van der Waals surface area contributed by atoms with Gasteiger partial charge in [-0.2, -0.15) is 0 Å². The lowest BCUT2D eigenvalue weighted by atomic mass is 9.74. The van der Waals surface area contributed by atoms with E-state index in [2.05, 4.69) is 12.2 Å². The van der Waals surface area contributed by atoms with Crippen molar-refractivity contribution in [1.29, 1.82) is 0 Å². The molecule has 0 aliphatic heterocycles. The quantitative estimate of drug-likeness (QED) is 0.803. The first-order valence-corrected chi connectivity index (χ1v) is 7.67. The van der Waals surface area contributed by atoms with Gasteiger partial charge in [0.15, 0.2) is 0 Å². The van der Waals surface area contributed by atoms with Gasteiger partial charge in [0.05, 0.1) is 5.92 Å². The Bertz CT molecular complexity index is 319. The highest BCUT2D eigenvalue weighted by Crippen LogP contribution is 2.45. The van der Waals surface area contributed by atoms with Crippen molar-refractivity contribution in [2.45, 2.75) is 69.9 Å². The fourth-order valence-corrected chi connectivity index (χ4v) is 3.59. The van der Waals surface area contributed by atoms with E-state index in [0.29, 0.717) is 6.04 Å². The van der Waals surface area contributed by atoms with Crippen molar-refractivity contribution < 1.29 is 4.79 Å². The van der Waals surface area contributed by atoms with Gasteiger partial charge < -0.3 is 11.1 Å². The summed E-state index contributed by atoms with van der Waals surface area (Å²) >= 11 is 0. The molecule has 2 atom stereocenters. The molecule has 0 aromatic rings. The van der Waals surface area contributed by atoms with E-state index in [1.54, 1.807) is 0 Å². The van der Waals surface area contributed by atoms with Crippen molar-refractivity contribution in [1.82, 2.24) is 5.32 Å². The van der Waals surface area contributed by atoms with Gasteiger partial charge in [0, 0.05) is 11.6 Å². The second kappa shape index (κ2) is 4.52. The molecule has 0 spiro atoms. The van der Waals surface area contributed by atoms with Crippen LogP contribution in [0.3, 0.4) is 0 Å². The average molecular weight is 250 g/mol. The second-order valence-corrected chi connectivity index (χ2v) is 7.01. The maximum atomic E-state index is 12.5. The summed E-state index contributed by atoms with van der Waals surface area (Å²) in [4.78, 5) is 12.5. The van der Waals surface area contributed by atoms with Gasteiger partial charge >= 0.3 is 0 Å². The summed E-state index contributed by atoms with van der Waals surface area (Å²) in [5.74, 6) is 1.82. The Kier molecular flexibility index (Phi) is 3.13. The molecule has 0 aromatic carbocycles. The number of carbonyl (C=O) groups excluding carboxylic acids is 1. The number of amides is 1. The lowest BCUT2D eigenvalue weighted by Crippen LogP contribution is -2.54. The molecule has 0 bridgehead atoms. The zero-order valence-electron chi connectivity index (χ0n) is 11.5. The Hall–Kier alpha value is -0.570. The number of nitrogens with one attached hydrogen (secondary N) is 1. The van der Waals surface area contributed by atoms with Gasteiger partial charge in [0.1, 0.15) is 0 Å². The molecule has 3 aliphatic rings. The summed E-state index contributed by atoms with van der Waals surface area (Å²) in [7, 11) is 0. The Labute approximate surface area is 110 Å². The van der Waals surface area contributed by atoms with Crippen molar-refractivity contribution in [2.24, 2.45) is 23.5 Å². The van der Waals surface area contributed by atoms with Crippen LogP contribution in [0.15, 0.2) is 0 Å². The van der Waals surface area contributed by atoms with Crippen LogP contribution in [-0.2, 0) is 4.79 Å². The van der Waals surface area contributed by atoms with Gasteiger partial charge in [-0.25, -0.2) is 0 Å². The fourth-order valence-electron chi connectivity index (χ4n) is 3.59. The zero-order chi connectivity index (χ0) is 12.8. The minimum absolute atomic E-state index is 0.0336. The highest BCUT2D eigenvalue weighted by Gasteiger charge is 2.45. The third-order valence-corrected chi connectivity index (χ3v) is 5.14. The molecule has 3 fully saturated rings. The molecule has 2 unspecified atom stereocenters. The van der Waals surface area contributed by atoms with Crippen LogP contribution >= 0.6 is 0 Å². The Balaban J connectivity index is 1.62. The molecule has 0 radical (unpaired) electrons. The Morgan fingerprint density at radius 2 is 1.78 bits per heavy atom. The predicted octanol–water partition coefficient (Wildman–Crippen LogP) is 2.20. The van der Waals surface area contributed by atoms with E-state index < -0.39 is 0 Å². The standard InChI is InChI=1S/C15H26N2O/c1-15(16)9-3-2-4-12(15)14(18)17-13(10-5-6-10)11-7-8-11/h10-13H,2-9,16H2,1H3,(H,17,18). The van der Waals surface area contributed by atoms with Crippen molar-refractivity contribution in [3.8, 4) is 0 Å². The number of rotatable bonds is 4. The monoisotopic (exact) mass is 250 g/mol. The van der Waals surface area contributed by atoms with Crippen molar-refractivity contribution in [2.75, 3.05) is 0 Å². The van der Waals surface area contributed by atoms with Gasteiger partial charge in [-0.15, -0.1) is 0 Å². The minimum atomic E-state index is -0.292. The first-order chi connectivity index (χ1) is 8.58. The van der Waals surface area contributed by atoms with E-state index in [1.807, 2.05) is 0 Å². The second-order valence-electron chi connectivity index (χ2n) is 7.01. The lowest BCUT2D eigenvalue weighted by molar-refractivity contribution is -0.129. The van der Waals surface area contributed by atoms with E-state index in [4.69, 9.17) is 5.73 Å². The van der Waals surface area contributed by atoms with Crippen molar-refractivity contribution >= 4 is 5.91 Å². The Morgan fingerprint density at radius 3 is 2.28 bits per heavy atom. The summed E-state index contributed by atoms with van der Waals surface area (Å²) in [5, 5.41) is 3.35. The summed E-state index contributed by atoms with van der Waals surface area (Å²) in [5.41, 5.74) is 6.03. The van der Waals surface area contributed by atoms with Crippen LogP contribution in [-0.4, -0.2) is 17.5 Å². The molecule has 3 heteroatoms. The molecule has 3 saturated carbocycles. The molecule has 0 heterocycles. The summed E-state index contributed by atoms with van der Waals surface area (Å²) in [6.45, 7) is 2.06. The van der Waals surface area contributed by atoms with E-state index >= 15 is 0 Å². The first-order valence-electron chi connectivity index (χ1n) is 7.67. The topological polar surface area (TPSA) is 55.1 Å². The lowest BCUT2D eigenvalue weighted by Gasteiger charge is -2.38. The smallest absolute Gasteiger partial charge is 0.225 e. The predicted molar refractivity (Wildman–Crippen MR) is 71.9 cm³/mol. The van der Waals surface area contributed by atoms with E-state index in [1.165, 1.54) is 32.1 Å². The number of nitrogens with two attached hydrogens (primary N) is 1. The average Bonchev–Trinajstić information content (AvgIpc) is 3.15. The van der Waals surface area contributed by atoms with Gasteiger partial charge in [-0.05, 0) is 57.3 Å². The zero-order valence-corrected chi connectivity index (χ0v) is 11.5. The van der Waals surface area contributed by atoms with Crippen LogP contribution in [0, 0.1) is 17.8 Å². The molecule has 1 amide bonds. The van der Waals surface area contributed by atoms with Crippen LogP contribution in [0.4, 0.5) is 0 Å². The summed E-state index contributed by atoms with van der Waals surface area (Å²) in [6, 6.07) is 0.468. The highest BCUT2D eigenvalue weighted by molar-refractivity contribution is 5.80. The summed E-state index contributed by atoms with van der Waals surface area (Å²) in [6.07, 6.45) is 9.54. The third-order valence-electron chi connectivity index (χ3n) is 5.14. The van der Waals surface area contributed by atoms with Crippen molar-refractivity contribution in [3.05, 3.63) is 0 Å².